The Labute approximate surface area is 198 Å². The van der Waals surface area contributed by atoms with E-state index in [2.05, 4.69) is 10.2 Å². The lowest BCUT2D eigenvalue weighted by Gasteiger charge is -2.36. The van der Waals surface area contributed by atoms with Gasteiger partial charge in [-0.25, -0.2) is 0 Å². The molecule has 1 aromatic heterocycles. The lowest BCUT2D eigenvalue weighted by Crippen LogP contribution is -2.48. The van der Waals surface area contributed by atoms with Crippen molar-refractivity contribution in [3.05, 3.63) is 48.0 Å². The van der Waals surface area contributed by atoms with Crippen molar-refractivity contribution in [1.29, 1.82) is 0 Å². The van der Waals surface area contributed by atoms with Crippen molar-refractivity contribution in [3.63, 3.8) is 0 Å². The van der Waals surface area contributed by atoms with Crippen LogP contribution in [-0.4, -0.2) is 47.4 Å². The number of nitrogens with zero attached hydrogens (tertiary/aromatic N) is 2. The van der Waals surface area contributed by atoms with Crippen LogP contribution in [0.2, 0.25) is 0 Å². The minimum atomic E-state index is -4.52. The number of H-pyrrole nitrogens is 1. The summed E-state index contributed by atoms with van der Waals surface area (Å²) in [5.41, 5.74) is 7.14. The Morgan fingerprint density at radius 3 is 2.71 bits per heavy atom. The van der Waals surface area contributed by atoms with Crippen LogP contribution < -0.4 is 20.7 Å². The fourth-order valence-electron chi connectivity index (χ4n) is 5.12. The maximum absolute atomic E-state index is 13.5. The first-order chi connectivity index (χ1) is 16.7. The Bertz CT molecular complexity index is 1280. The van der Waals surface area contributed by atoms with Gasteiger partial charge in [0.15, 0.2) is 5.82 Å². The fourth-order valence-corrected chi connectivity index (χ4v) is 5.12. The molecule has 0 atom stereocenters. The Kier molecular flexibility index (Phi) is 5.57. The lowest BCUT2D eigenvalue weighted by molar-refractivity contribution is -0.138. The molecule has 2 aromatic carbocycles. The number of amides is 2. The number of nitrogens with two attached hydrogens (primary N) is 1. The number of carbonyl (C=O) groups is 2. The molecule has 2 heterocycles. The Morgan fingerprint density at radius 1 is 1.23 bits per heavy atom. The highest BCUT2D eigenvalue weighted by atomic mass is 19.4. The molecule has 35 heavy (non-hydrogen) atoms. The van der Waals surface area contributed by atoms with Crippen LogP contribution in [0.25, 0.3) is 10.9 Å². The fraction of sp³-hybridized carbons (Fsp3) is 0.375. The van der Waals surface area contributed by atoms with Crippen LogP contribution in [0.4, 0.5) is 24.7 Å². The molecule has 3 aromatic rings. The number of nitrogen functional groups attached to an aromatic ring is 1. The number of aromatic amines is 1. The van der Waals surface area contributed by atoms with Crippen molar-refractivity contribution in [3.8, 4) is 5.75 Å². The molecule has 0 bridgehead atoms. The lowest BCUT2D eigenvalue weighted by atomic mass is 9.69. The number of aromatic nitrogens is 2. The van der Waals surface area contributed by atoms with E-state index in [4.69, 9.17) is 10.5 Å². The van der Waals surface area contributed by atoms with Crippen molar-refractivity contribution in [2.24, 2.45) is 0 Å². The number of carbonyl (C=O) groups excluding carboxylic acids is 2. The number of hydrogen-bond acceptors (Lipinski definition) is 5. The summed E-state index contributed by atoms with van der Waals surface area (Å²) in [7, 11) is 0. The quantitative estimate of drug-likeness (QED) is 0.510. The number of ether oxygens (including phenoxy) is 1. The van der Waals surface area contributed by atoms with Crippen LogP contribution >= 0.6 is 0 Å². The van der Waals surface area contributed by atoms with Crippen molar-refractivity contribution in [2.75, 3.05) is 23.7 Å². The zero-order valence-electron chi connectivity index (χ0n) is 18.7. The summed E-state index contributed by atoms with van der Waals surface area (Å²) >= 11 is 0. The summed E-state index contributed by atoms with van der Waals surface area (Å²) < 4.78 is 43.6. The molecule has 1 fully saturated rings. The van der Waals surface area contributed by atoms with Crippen LogP contribution in [0, 0.1) is 0 Å². The zero-order chi connectivity index (χ0) is 24.8. The van der Waals surface area contributed by atoms with Gasteiger partial charge < -0.3 is 20.7 Å². The number of halogens is 3. The second kappa shape index (κ2) is 8.47. The van der Waals surface area contributed by atoms with Crippen molar-refractivity contribution < 1.29 is 27.5 Å². The molecular formula is C24H24F3N5O3. The summed E-state index contributed by atoms with van der Waals surface area (Å²) in [4.78, 5) is 27.0. The molecule has 1 spiro atoms. The normalized spacial score (nSPS) is 22.0. The van der Waals surface area contributed by atoms with Gasteiger partial charge in [0.25, 0.3) is 0 Å². The van der Waals surface area contributed by atoms with Crippen LogP contribution in [0.15, 0.2) is 42.5 Å². The van der Waals surface area contributed by atoms with Gasteiger partial charge in [-0.1, -0.05) is 18.2 Å². The van der Waals surface area contributed by atoms with Gasteiger partial charge in [0, 0.05) is 17.1 Å². The van der Waals surface area contributed by atoms with Gasteiger partial charge in [-0.05, 0) is 49.4 Å². The second-order valence-electron chi connectivity index (χ2n) is 9.02. The van der Waals surface area contributed by atoms with E-state index in [-0.39, 0.29) is 12.0 Å². The molecule has 11 heteroatoms. The zero-order valence-corrected chi connectivity index (χ0v) is 18.7. The highest BCUT2D eigenvalue weighted by Gasteiger charge is 2.52. The number of fused-ring (bicyclic) bond motifs is 3. The average molecular weight is 487 g/mol. The molecule has 4 N–H and O–H groups in total. The van der Waals surface area contributed by atoms with Gasteiger partial charge in [-0.15, -0.1) is 0 Å². The molecule has 0 saturated heterocycles. The van der Waals surface area contributed by atoms with E-state index in [1.165, 1.54) is 4.90 Å². The first-order valence-electron chi connectivity index (χ1n) is 11.3. The third-order valence-corrected chi connectivity index (χ3v) is 6.81. The molecule has 8 nitrogen and oxygen atoms in total. The molecule has 1 saturated carbocycles. The monoisotopic (exact) mass is 487 g/mol. The standard InChI is InChI=1S/C24H24F3N5O3/c25-24(26,27)13-29-20(33)12-32-19-4-2-1-3-17(19)23(22(32)34)9-7-14(8-10-23)35-15-5-6-16-18(11-15)30-31-21(16)28/h1-6,11,14H,7-10,12-13H2,(H,29,33)(H3,28,30,31). The smallest absolute Gasteiger partial charge is 0.405 e. The molecule has 0 unspecified atom stereocenters. The van der Waals surface area contributed by atoms with Crippen LogP contribution in [0.3, 0.4) is 0 Å². The van der Waals surface area contributed by atoms with E-state index in [1.807, 2.05) is 35.6 Å². The molecule has 2 aliphatic rings. The Hall–Kier alpha value is -3.76. The molecule has 1 aliphatic carbocycles. The van der Waals surface area contributed by atoms with Crippen LogP contribution in [0.1, 0.15) is 31.2 Å². The summed E-state index contributed by atoms with van der Waals surface area (Å²) in [6.07, 6.45) is -2.39. The minimum Gasteiger partial charge on any atom is -0.490 e. The number of benzene rings is 2. The number of rotatable bonds is 5. The third-order valence-electron chi connectivity index (χ3n) is 6.81. The first-order valence-corrected chi connectivity index (χ1v) is 11.3. The summed E-state index contributed by atoms with van der Waals surface area (Å²) in [6, 6.07) is 12.7. The van der Waals surface area contributed by atoms with E-state index in [9.17, 15) is 22.8 Å². The summed E-state index contributed by atoms with van der Waals surface area (Å²) in [5.74, 6) is -0.0209. The predicted molar refractivity (Wildman–Crippen MR) is 123 cm³/mol. The van der Waals surface area contributed by atoms with E-state index < -0.39 is 30.6 Å². The van der Waals surface area contributed by atoms with E-state index in [1.54, 1.807) is 12.1 Å². The molecule has 1 aliphatic heterocycles. The van der Waals surface area contributed by atoms with Crippen molar-refractivity contribution in [1.82, 2.24) is 15.5 Å². The number of alkyl halides is 3. The molecule has 0 radical (unpaired) electrons. The van der Waals surface area contributed by atoms with Crippen LogP contribution in [-0.2, 0) is 15.0 Å². The Balaban J connectivity index is 1.29. The minimum absolute atomic E-state index is 0.109. The average Bonchev–Trinajstić information content (AvgIpc) is 3.30. The van der Waals surface area contributed by atoms with E-state index in [0.717, 1.165) is 16.5 Å². The van der Waals surface area contributed by atoms with Gasteiger partial charge in [0.05, 0.1) is 17.0 Å². The maximum atomic E-state index is 13.5. The number of anilines is 2. The van der Waals surface area contributed by atoms with Crippen molar-refractivity contribution >= 4 is 34.2 Å². The third kappa shape index (κ3) is 4.26. The number of para-hydroxylation sites is 1. The van der Waals surface area contributed by atoms with Gasteiger partial charge in [-0.2, -0.15) is 18.3 Å². The second-order valence-corrected chi connectivity index (χ2v) is 9.02. The largest absolute Gasteiger partial charge is 0.490 e. The number of hydrogen-bond donors (Lipinski definition) is 3. The molecule has 184 valence electrons. The highest BCUT2D eigenvalue weighted by molar-refractivity contribution is 6.10. The topological polar surface area (TPSA) is 113 Å². The molecule has 2 amide bonds. The van der Waals surface area contributed by atoms with Crippen LogP contribution in [0.5, 0.6) is 5.75 Å². The van der Waals surface area contributed by atoms with Crippen molar-refractivity contribution in [2.45, 2.75) is 43.4 Å². The molecular weight excluding hydrogens is 463 g/mol. The Morgan fingerprint density at radius 2 is 1.97 bits per heavy atom. The SMILES string of the molecule is Nc1n[nH]c2cc(OC3CCC4(CC3)C(=O)N(CC(=O)NCC(F)(F)F)c3ccccc34)ccc12. The van der Waals surface area contributed by atoms with E-state index >= 15 is 0 Å². The maximum Gasteiger partial charge on any atom is 0.405 e. The first kappa shape index (κ1) is 23.0. The predicted octanol–water partition coefficient (Wildman–Crippen LogP) is 3.43. The van der Waals surface area contributed by atoms with Gasteiger partial charge in [-0.3, -0.25) is 14.7 Å². The number of nitrogens with one attached hydrogen (secondary N) is 2. The van der Waals surface area contributed by atoms with Gasteiger partial charge in [0.1, 0.15) is 18.8 Å². The highest BCUT2D eigenvalue weighted by Crippen LogP contribution is 2.50. The van der Waals surface area contributed by atoms with E-state index in [0.29, 0.717) is 42.9 Å². The van der Waals surface area contributed by atoms with Gasteiger partial charge in [0.2, 0.25) is 11.8 Å². The van der Waals surface area contributed by atoms with Gasteiger partial charge >= 0.3 is 6.18 Å². The summed E-state index contributed by atoms with van der Waals surface area (Å²) in [6.45, 7) is -1.89. The molecule has 5 rings (SSSR count). The summed E-state index contributed by atoms with van der Waals surface area (Å²) in [5, 5.41) is 9.50.